The van der Waals surface area contributed by atoms with Gasteiger partial charge in [0.15, 0.2) is 0 Å². The fraction of sp³-hybridized carbons (Fsp3) is 0.660. The average molecular weight is 886 g/mol. The molecule has 0 radical (unpaired) electrons. The maximum atomic E-state index is 14.4. The van der Waals surface area contributed by atoms with Crippen molar-refractivity contribution < 1.29 is 38.4 Å². The number of piperidine rings is 2. The Morgan fingerprint density at radius 2 is 1.68 bits per heavy atom. The van der Waals surface area contributed by atoms with Gasteiger partial charge in [-0.25, -0.2) is 0 Å². The number of nitrogens with zero attached hydrogens (tertiary/aromatic N) is 3. The van der Waals surface area contributed by atoms with E-state index in [1.807, 2.05) is 24.8 Å². The van der Waals surface area contributed by atoms with Crippen LogP contribution in [0.4, 0.5) is 0 Å². The van der Waals surface area contributed by atoms with Crippen LogP contribution in [0, 0.1) is 23.7 Å². The van der Waals surface area contributed by atoms with E-state index in [0.29, 0.717) is 43.8 Å². The number of hydrogen-bond donors (Lipinski definition) is 4. The highest BCUT2D eigenvalue weighted by molar-refractivity contribution is 8.01. The first-order valence-electron chi connectivity index (χ1n) is 23.1. The molecule has 340 valence electrons. The molecule has 1 unspecified atom stereocenters. The summed E-state index contributed by atoms with van der Waals surface area (Å²) < 4.78 is -0.594. The molecule has 5 N–H and O–H groups in total. The molecule has 0 bridgehead atoms. The molecule has 0 spiro atoms. The zero-order valence-electron chi connectivity index (χ0n) is 36.7. The molecule has 5 atom stereocenters. The molecule has 4 saturated heterocycles. The third-order valence-electron chi connectivity index (χ3n) is 14.0. The van der Waals surface area contributed by atoms with Gasteiger partial charge in [-0.1, -0.05) is 43.6 Å². The highest BCUT2D eigenvalue weighted by Gasteiger charge is 2.53. The number of carbonyl (C=O) groups excluding carboxylic acids is 8. The van der Waals surface area contributed by atoms with Crippen LogP contribution in [0.25, 0.3) is 0 Å². The summed E-state index contributed by atoms with van der Waals surface area (Å²) in [6.45, 7) is 5.31. The minimum atomic E-state index is -1.11. The SMILES string of the molecule is CC1(C)S[C@@H]2CCCCC(=O)N2[C@@H]1C(=O)N[C@@H](CCC(N)=O)C(=O)N[C@H](C(=O)N1CCC(CCCC#Cc2cccc3c2CN(C2CCC(=O)NC2=O)C3=O)CC1)C1CCCCC1. The Balaban J connectivity index is 0.934. The summed E-state index contributed by atoms with van der Waals surface area (Å²) in [6.07, 6.45) is 12.0. The molecule has 5 fully saturated rings. The first kappa shape index (κ1) is 46.1. The zero-order chi connectivity index (χ0) is 44.8. The molecule has 6 aliphatic rings. The first-order chi connectivity index (χ1) is 30.2. The largest absolute Gasteiger partial charge is 0.370 e. The van der Waals surface area contributed by atoms with Gasteiger partial charge in [0.1, 0.15) is 24.2 Å². The predicted molar refractivity (Wildman–Crippen MR) is 236 cm³/mol. The molecule has 0 aromatic heterocycles. The van der Waals surface area contributed by atoms with E-state index in [1.165, 1.54) is 4.90 Å². The Morgan fingerprint density at radius 1 is 0.937 bits per heavy atom. The van der Waals surface area contributed by atoms with Crippen molar-refractivity contribution in [1.29, 1.82) is 0 Å². The van der Waals surface area contributed by atoms with E-state index < -0.39 is 52.5 Å². The zero-order valence-corrected chi connectivity index (χ0v) is 37.5. The summed E-state index contributed by atoms with van der Waals surface area (Å²) in [5.74, 6) is 4.18. The van der Waals surface area contributed by atoms with Crippen LogP contribution in [0.5, 0.6) is 0 Å². The average Bonchev–Trinajstić information content (AvgIpc) is 3.67. The Labute approximate surface area is 374 Å². The second kappa shape index (κ2) is 20.3. The van der Waals surface area contributed by atoms with Crippen LogP contribution in [-0.4, -0.2) is 109 Å². The van der Waals surface area contributed by atoms with Crippen molar-refractivity contribution in [1.82, 2.24) is 30.7 Å². The standard InChI is InChI=1S/C47H63N7O8S/c1-47(2)41(54-38(57)18-9-10-19-39(54)63-47)44(60)49-34(20-22-36(48)55)42(58)51-40(31-14-7-4-8-15-31)46(62)52-26-24-29(25-27-52)12-5-3-6-13-30-16-11-17-32-33(30)28-53(45(32)61)35-21-23-37(56)50-43(35)59/h11,16-17,29,31,34-35,39-41H,3-5,7-10,12,14-15,18-28H2,1-2H3,(H2,48,55)(H,49,60)(H,51,58)(H,50,56,59)/t34-,35?,39+,40-,41+/m0/s1. The van der Waals surface area contributed by atoms with Crippen molar-refractivity contribution in [3.05, 3.63) is 34.9 Å². The van der Waals surface area contributed by atoms with E-state index in [9.17, 15) is 38.4 Å². The monoisotopic (exact) mass is 885 g/mol. The van der Waals surface area contributed by atoms with Gasteiger partial charge in [-0.2, -0.15) is 0 Å². The van der Waals surface area contributed by atoms with E-state index in [1.54, 1.807) is 28.8 Å². The fourth-order valence-electron chi connectivity index (χ4n) is 10.5. The lowest BCUT2D eigenvalue weighted by Crippen LogP contribution is -2.61. The van der Waals surface area contributed by atoms with E-state index in [4.69, 9.17) is 5.73 Å². The van der Waals surface area contributed by atoms with Crippen LogP contribution in [-0.2, 0) is 40.1 Å². The van der Waals surface area contributed by atoms with Crippen LogP contribution in [0.3, 0.4) is 0 Å². The molecule has 1 aromatic carbocycles. The van der Waals surface area contributed by atoms with Gasteiger partial charge in [0.05, 0.1) is 5.37 Å². The number of benzene rings is 1. The first-order valence-corrected chi connectivity index (χ1v) is 24.0. The minimum absolute atomic E-state index is 0.0255. The van der Waals surface area contributed by atoms with Crippen LogP contribution >= 0.6 is 11.8 Å². The van der Waals surface area contributed by atoms with E-state index >= 15 is 0 Å². The molecule has 63 heavy (non-hydrogen) atoms. The number of rotatable bonds is 13. The summed E-state index contributed by atoms with van der Waals surface area (Å²) in [7, 11) is 0. The number of amides is 8. The van der Waals surface area contributed by atoms with Gasteiger partial charge < -0.3 is 31.1 Å². The molecule has 1 aromatic rings. The number of nitrogens with two attached hydrogens (primary N) is 1. The molecular weight excluding hydrogens is 823 g/mol. The number of carbonyl (C=O) groups is 8. The van der Waals surface area contributed by atoms with Crippen molar-refractivity contribution >= 4 is 59.0 Å². The van der Waals surface area contributed by atoms with Gasteiger partial charge >= 0.3 is 0 Å². The summed E-state index contributed by atoms with van der Waals surface area (Å²) in [6, 6.07) is 2.11. The fourth-order valence-corrected chi connectivity index (χ4v) is 12.2. The third-order valence-corrected chi connectivity index (χ3v) is 15.5. The summed E-state index contributed by atoms with van der Waals surface area (Å²) in [5.41, 5.74) is 7.64. The maximum Gasteiger partial charge on any atom is 0.255 e. The van der Waals surface area contributed by atoms with Crippen molar-refractivity contribution in [2.45, 2.75) is 170 Å². The quantitative estimate of drug-likeness (QED) is 0.129. The molecular formula is C47H63N7O8S. The van der Waals surface area contributed by atoms with Crippen molar-refractivity contribution in [2.24, 2.45) is 17.6 Å². The Bertz CT molecular complexity index is 2030. The van der Waals surface area contributed by atoms with Gasteiger partial charge in [0.2, 0.25) is 41.4 Å². The Morgan fingerprint density at radius 3 is 2.41 bits per heavy atom. The van der Waals surface area contributed by atoms with Crippen LogP contribution in [0.2, 0.25) is 0 Å². The van der Waals surface area contributed by atoms with Crippen molar-refractivity contribution in [3.63, 3.8) is 0 Å². The Hall–Kier alpha value is -4.91. The summed E-state index contributed by atoms with van der Waals surface area (Å²) in [5, 5.41) is 8.19. The lowest BCUT2D eigenvalue weighted by atomic mass is 9.82. The second-order valence-electron chi connectivity index (χ2n) is 18.8. The van der Waals surface area contributed by atoms with E-state index in [2.05, 4.69) is 27.8 Å². The highest BCUT2D eigenvalue weighted by Crippen LogP contribution is 2.47. The van der Waals surface area contributed by atoms with Gasteiger partial charge in [-0.15, -0.1) is 11.8 Å². The molecule has 16 heteroatoms. The number of primary amides is 1. The molecule has 5 heterocycles. The van der Waals surface area contributed by atoms with Gasteiger partial charge in [-0.3, -0.25) is 43.7 Å². The van der Waals surface area contributed by atoms with Crippen molar-refractivity contribution in [2.75, 3.05) is 13.1 Å². The van der Waals surface area contributed by atoms with Gasteiger partial charge in [-0.05, 0) is 108 Å². The lowest BCUT2D eigenvalue weighted by Gasteiger charge is -2.38. The minimum Gasteiger partial charge on any atom is -0.370 e. The topological polar surface area (TPSA) is 208 Å². The molecule has 1 saturated carbocycles. The van der Waals surface area contributed by atoms with E-state index in [-0.39, 0.29) is 60.7 Å². The molecule has 8 amide bonds. The summed E-state index contributed by atoms with van der Waals surface area (Å²) >= 11 is 1.61. The van der Waals surface area contributed by atoms with Gasteiger partial charge in [0, 0.05) is 61.2 Å². The smallest absolute Gasteiger partial charge is 0.255 e. The van der Waals surface area contributed by atoms with Crippen LogP contribution in [0.15, 0.2) is 18.2 Å². The molecule has 1 aliphatic carbocycles. The second-order valence-corrected chi connectivity index (χ2v) is 20.6. The van der Waals surface area contributed by atoms with Crippen LogP contribution < -0.4 is 21.7 Å². The molecule has 5 aliphatic heterocycles. The normalized spacial score (nSPS) is 24.9. The number of unbranched alkanes of at least 4 members (excludes halogenated alkanes) is 1. The number of nitrogens with one attached hydrogen (secondary N) is 3. The Kier molecular flexibility index (Phi) is 14.8. The number of fused-ring (bicyclic) bond motifs is 2. The number of likely N-dealkylation sites (tertiary alicyclic amines) is 1. The third kappa shape index (κ3) is 10.7. The van der Waals surface area contributed by atoms with Crippen LogP contribution in [0.1, 0.15) is 151 Å². The summed E-state index contributed by atoms with van der Waals surface area (Å²) in [4.78, 5) is 110. The molecule has 7 rings (SSSR count). The lowest BCUT2D eigenvalue weighted by molar-refractivity contribution is -0.143. The number of imide groups is 1. The number of thioether (sulfide) groups is 1. The van der Waals surface area contributed by atoms with Crippen molar-refractivity contribution in [3.8, 4) is 11.8 Å². The molecule has 15 nitrogen and oxygen atoms in total. The highest BCUT2D eigenvalue weighted by atomic mass is 32.2. The number of hydrogen-bond acceptors (Lipinski definition) is 9. The predicted octanol–water partition coefficient (Wildman–Crippen LogP) is 3.65. The van der Waals surface area contributed by atoms with Gasteiger partial charge in [0.25, 0.3) is 5.91 Å². The van der Waals surface area contributed by atoms with E-state index in [0.717, 1.165) is 88.2 Å². The maximum absolute atomic E-state index is 14.4.